The Hall–Kier alpha value is -8.28. The summed E-state index contributed by atoms with van der Waals surface area (Å²) in [6, 6.07) is 8.60. The molecule has 0 bridgehead atoms. The quantitative estimate of drug-likeness (QED) is 0.0399. The molecule has 1 unspecified atom stereocenters. The largest absolute Gasteiger partial charge is 0.469 e. The molecule has 2 aliphatic rings. The Bertz CT molecular complexity index is 3240. The number of methoxy groups -OCH3 is 1. The van der Waals surface area contributed by atoms with Gasteiger partial charge in [-0.15, -0.1) is 0 Å². The minimum absolute atomic E-state index is 0.0145. The van der Waals surface area contributed by atoms with Crippen LogP contribution in [0.2, 0.25) is 0 Å². The van der Waals surface area contributed by atoms with E-state index in [1.54, 1.807) is 134 Å². The summed E-state index contributed by atoms with van der Waals surface area (Å²) in [7, 11) is 2.87. The van der Waals surface area contributed by atoms with Gasteiger partial charge in [0.1, 0.15) is 52.0 Å². The van der Waals surface area contributed by atoms with Crippen LogP contribution in [0.5, 0.6) is 0 Å². The number of imidazole rings is 1. The molecular weight excluding hydrogens is 1290 g/mol. The van der Waals surface area contributed by atoms with Crippen LogP contribution in [-0.2, 0) is 89.5 Å². The molecule has 3 aromatic rings. The second-order valence-electron chi connectivity index (χ2n) is 30.4. The molecule has 5 rings (SSSR count). The Morgan fingerprint density at radius 2 is 1.03 bits per heavy atom. The smallest absolute Gasteiger partial charge is 0.320 e. The van der Waals surface area contributed by atoms with Gasteiger partial charge in [0.05, 0.1) is 57.3 Å². The third kappa shape index (κ3) is 30.7. The van der Waals surface area contributed by atoms with Gasteiger partial charge >= 0.3 is 35.8 Å². The minimum Gasteiger partial charge on any atom is -0.469 e. The van der Waals surface area contributed by atoms with Gasteiger partial charge in [-0.05, 0) is 159 Å². The maximum absolute atomic E-state index is 14.8. The third-order valence-electron chi connectivity index (χ3n) is 15.3. The number of fused-ring (bicyclic) bond motifs is 2. The number of hydrogen-bond acceptors (Lipinski definition) is 23. The van der Waals surface area contributed by atoms with Crippen molar-refractivity contribution in [2.45, 2.75) is 202 Å². The van der Waals surface area contributed by atoms with Crippen LogP contribution in [0.1, 0.15) is 164 Å². The third-order valence-corrected chi connectivity index (χ3v) is 15.3. The molecule has 1 saturated heterocycles. The predicted octanol–water partition coefficient (Wildman–Crippen LogP) is 4.49. The number of para-hydroxylation sites is 2. The molecule has 1 aromatic heterocycles. The average Bonchev–Trinajstić information content (AvgIpc) is 1.49. The number of H-pyrrole nitrogens is 1. The zero-order chi connectivity index (χ0) is 74.5. The molecule has 29 heteroatoms. The van der Waals surface area contributed by atoms with Crippen molar-refractivity contribution in [3.05, 3.63) is 59.4 Å². The summed E-state index contributed by atoms with van der Waals surface area (Å²) in [6.45, 7) is 27.5. The van der Waals surface area contributed by atoms with Crippen molar-refractivity contribution in [2.24, 2.45) is 0 Å². The molecule has 556 valence electrons. The maximum atomic E-state index is 14.8. The molecule has 0 aliphatic carbocycles. The molecule has 3 heterocycles. The number of nitrogens with one attached hydrogen (secondary N) is 5. The zero-order valence-electron chi connectivity index (χ0n) is 61.9. The molecule has 5 N–H and O–H groups in total. The second kappa shape index (κ2) is 36.9. The Balaban J connectivity index is 1.38. The van der Waals surface area contributed by atoms with E-state index >= 15 is 0 Å². The lowest BCUT2D eigenvalue weighted by molar-refractivity contribution is -0.158. The van der Waals surface area contributed by atoms with Crippen molar-refractivity contribution in [1.82, 2.24) is 55.3 Å². The Morgan fingerprint density at radius 1 is 0.580 bits per heavy atom. The van der Waals surface area contributed by atoms with Crippen LogP contribution in [0.3, 0.4) is 0 Å². The lowest BCUT2D eigenvalue weighted by Gasteiger charge is -2.34. The lowest BCUT2D eigenvalue weighted by atomic mass is 10.1. The first-order valence-electron chi connectivity index (χ1n) is 34.3. The van der Waals surface area contributed by atoms with E-state index in [0.717, 1.165) is 11.0 Å². The summed E-state index contributed by atoms with van der Waals surface area (Å²) in [5.74, 6) is -5.81. The highest BCUT2D eigenvalue weighted by atomic mass is 16.6. The fraction of sp³-hybridized carbons (Fsp3) is 0.662. The summed E-state index contributed by atoms with van der Waals surface area (Å²) in [6.07, 6.45) is -1.38. The molecule has 29 nitrogen and oxygen atoms in total. The van der Waals surface area contributed by atoms with Crippen molar-refractivity contribution in [2.75, 3.05) is 111 Å². The summed E-state index contributed by atoms with van der Waals surface area (Å²) < 4.78 is 33.2. The normalized spacial score (nSPS) is 16.6. The van der Waals surface area contributed by atoms with Crippen LogP contribution in [0.25, 0.3) is 11.0 Å². The van der Waals surface area contributed by atoms with E-state index in [0.29, 0.717) is 35.7 Å². The zero-order valence-corrected chi connectivity index (χ0v) is 61.9. The van der Waals surface area contributed by atoms with Crippen LogP contribution >= 0.6 is 0 Å². The van der Waals surface area contributed by atoms with Gasteiger partial charge < -0.3 is 64.5 Å². The van der Waals surface area contributed by atoms with Crippen LogP contribution in [0.4, 0.5) is 5.69 Å². The number of carbonyl (C=O) groups excluding carboxylic acids is 11. The van der Waals surface area contributed by atoms with Gasteiger partial charge in [-0.25, -0.2) is 4.98 Å². The monoisotopic (exact) mass is 1400 g/mol. The van der Waals surface area contributed by atoms with Gasteiger partial charge in [0.15, 0.2) is 0 Å². The number of anilines is 1. The van der Waals surface area contributed by atoms with Crippen molar-refractivity contribution >= 4 is 82.1 Å². The number of carbonyl (C=O) groups is 11. The average molecular weight is 1400 g/mol. The van der Waals surface area contributed by atoms with Crippen molar-refractivity contribution in [3.63, 3.8) is 0 Å². The summed E-state index contributed by atoms with van der Waals surface area (Å²) in [5, 5.41) is 11.5. The number of rotatable bonds is 27. The Kier molecular flexibility index (Phi) is 30.4. The van der Waals surface area contributed by atoms with Crippen molar-refractivity contribution in [3.8, 4) is 0 Å². The van der Waals surface area contributed by atoms with Gasteiger partial charge in [-0.2, -0.15) is 0 Å². The fourth-order valence-electron chi connectivity index (χ4n) is 11.0. The number of hydrogen-bond donors (Lipinski definition) is 5. The molecule has 1 fully saturated rings. The highest BCUT2D eigenvalue weighted by molar-refractivity contribution is 5.96. The number of ether oxygens (including phenoxy) is 6. The molecule has 3 atom stereocenters. The molecule has 0 spiro atoms. The van der Waals surface area contributed by atoms with E-state index < -0.39 is 106 Å². The van der Waals surface area contributed by atoms with Gasteiger partial charge in [-0.1, -0.05) is 12.1 Å². The molecule has 100 heavy (non-hydrogen) atoms. The summed E-state index contributed by atoms with van der Waals surface area (Å²) >= 11 is 0. The molecule has 2 aromatic carbocycles. The highest BCUT2D eigenvalue weighted by Gasteiger charge is 2.35. The molecular formula is C71H110N12O17. The van der Waals surface area contributed by atoms with E-state index in [2.05, 4.69) is 31.2 Å². The van der Waals surface area contributed by atoms with Gasteiger partial charge in [0, 0.05) is 103 Å². The van der Waals surface area contributed by atoms with E-state index in [9.17, 15) is 52.7 Å². The van der Waals surface area contributed by atoms with Gasteiger partial charge in [-0.3, -0.25) is 72.3 Å². The molecule has 2 aliphatic heterocycles. The van der Waals surface area contributed by atoms with Gasteiger partial charge in [0.25, 0.3) is 5.91 Å². The van der Waals surface area contributed by atoms with E-state index in [1.165, 1.54) is 16.9 Å². The number of nitrogens with zero attached hydrogens (tertiary/aromatic N) is 7. The van der Waals surface area contributed by atoms with E-state index in [-0.39, 0.29) is 136 Å². The first-order valence-corrected chi connectivity index (χ1v) is 34.3. The highest BCUT2D eigenvalue weighted by Crippen LogP contribution is 2.27. The van der Waals surface area contributed by atoms with Crippen LogP contribution in [0, 0.1) is 0 Å². The van der Waals surface area contributed by atoms with E-state index in [1.807, 2.05) is 39.0 Å². The SMILES string of the molecule is COC(=O)CC1Nc2ccc(C(=O)N(C)Cc3nc4ccccc4[nH]3)cc2CN(CCCNC(=O)[C@H](CCC(=O)OC(C)(C)C)NC(=O)[C@H](CCC(=O)OC(C)(C)C)NC(=O)CN2CCN(CC(=O)OC(C)(C)C)CCN(CC(=O)OC(C)(C)C)CCN(CC(=O)OC(C)(C)C)CC2)C1=O. The van der Waals surface area contributed by atoms with E-state index in [4.69, 9.17) is 28.4 Å². The number of esters is 6. The first kappa shape index (κ1) is 82.4. The lowest BCUT2D eigenvalue weighted by Crippen LogP contribution is -2.55. The minimum atomic E-state index is -1.45. The number of benzene rings is 2. The summed E-state index contributed by atoms with van der Waals surface area (Å²) in [5.41, 5.74) is -1.10. The fourth-order valence-corrected chi connectivity index (χ4v) is 11.0. The molecule has 0 radical (unpaired) electrons. The second-order valence-corrected chi connectivity index (χ2v) is 30.4. The number of aromatic amines is 1. The van der Waals surface area contributed by atoms with Crippen LogP contribution in [0.15, 0.2) is 42.5 Å². The molecule has 5 amide bonds. The van der Waals surface area contributed by atoms with Crippen molar-refractivity contribution < 1.29 is 81.2 Å². The summed E-state index contributed by atoms with van der Waals surface area (Å²) in [4.78, 5) is 170. The Morgan fingerprint density at radius 3 is 1.49 bits per heavy atom. The molecule has 0 saturated carbocycles. The standard InChI is InChI=1S/C71H110N12O17/c1-67(2,3)96-57(85)27-25-52(63(91)72-29-20-30-83-41-48-39-47(23-24-49(48)73-54(66(83)94)40-59(87)95-17)65(93)78(16)42-55-74-50-21-18-19-22-51(50)75-55)77-64(92)53(26-28-58(86)97-68(4,5)6)76-56(84)43-79-31-33-80(44-60(88)98-69(7,8)9)35-37-82(46-62(90)100-71(13,14)15)38-36-81(34-32-79)45-61(89)99-70(10,11)12/h18-19,21-24,39,52-54,73H,20,25-38,40-46H2,1-17H3,(H,72,91)(H,74,75)(H,76,84)(H,77,92)/t52-,53-,54?/m0/s1. The number of amides is 5. The Labute approximate surface area is 588 Å². The predicted molar refractivity (Wildman–Crippen MR) is 373 cm³/mol. The van der Waals surface area contributed by atoms with Crippen LogP contribution < -0.4 is 21.3 Å². The first-order chi connectivity index (χ1) is 46.5. The maximum Gasteiger partial charge on any atom is 0.320 e. The van der Waals surface area contributed by atoms with Crippen molar-refractivity contribution in [1.29, 1.82) is 0 Å². The van der Waals surface area contributed by atoms with Gasteiger partial charge in [0.2, 0.25) is 23.6 Å². The van der Waals surface area contributed by atoms with Crippen LogP contribution in [-0.4, -0.2) is 257 Å². The topological polar surface area (TPSA) is 339 Å². The number of aromatic nitrogens is 2.